The molecule has 0 aliphatic carbocycles. The van der Waals surface area contributed by atoms with Crippen molar-refractivity contribution in [1.29, 1.82) is 0 Å². The van der Waals surface area contributed by atoms with Gasteiger partial charge < -0.3 is 14.8 Å². The maximum absolute atomic E-state index is 11.8. The first-order valence-corrected chi connectivity index (χ1v) is 8.52. The van der Waals surface area contributed by atoms with E-state index in [4.69, 9.17) is 9.47 Å². The van der Waals surface area contributed by atoms with Crippen LogP contribution in [0.5, 0.6) is 5.75 Å². The summed E-state index contributed by atoms with van der Waals surface area (Å²) in [6.45, 7) is 0.865. The van der Waals surface area contributed by atoms with Crippen LogP contribution in [0.25, 0.3) is 0 Å². The fraction of sp³-hybridized carbons (Fsp3) is 0.500. The number of carbonyl (C=O) groups is 1. The van der Waals surface area contributed by atoms with Crippen molar-refractivity contribution in [2.75, 3.05) is 39.7 Å². The summed E-state index contributed by atoms with van der Waals surface area (Å²) in [4.78, 5) is 11.8. The smallest absolute Gasteiger partial charge is 0.251 e. The van der Waals surface area contributed by atoms with Gasteiger partial charge >= 0.3 is 0 Å². The molecule has 0 bridgehead atoms. The molecule has 0 radical (unpaired) electrons. The first kappa shape index (κ1) is 18.4. The standard InChI is InChI=1S/C14H22N2O5S/c1-20-10-3-8-16-22(18,19)11-9-15-14(17)12-4-6-13(21-2)7-5-12/h4-7,16H,3,8-11H2,1-2H3,(H,15,17). The summed E-state index contributed by atoms with van der Waals surface area (Å²) in [5, 5.41) is 2.57. The molecule has 0 aromatic heterocycles. The molecule has 0 aliphatic rings. The number of carbonyl (C=O) groups excluding carboxylic acids is 1. The number of ether oxygens (including phenoxy) is 2. The molecule has 0 heterocycles. The number of amides is 1. The molecule has 0 aliphatic heterocycles. The lowest BCUT2D eigenvalue weighted by molar-refractivity contribution is 0.0956. The minimum Gasteiger partial charge on any atom is -0.497 e. The minimum absolute atomic E-state index is 0.0461. The summed E-state index contributed by atoms with van der Waals surface area (Å²) < 4.78 is 35.6. The van der Waals surface area contributed by atoms with Crippen molar-refractivity contribution in [2.45, 2.75) is 6.42 Å². The second-order valence-corrected chi connectivity index (χ2v) is 6.47. The van der Waals surface area contributed by atoms with Crippen molar-refractivity contribution < 1.29 is 22.7 Å². The molecule has 0 unspecified atom stereocenters. The highest BCUT2D eigenvalue weighted by molar-refractivity contribution is 7.89. The molecule has 124 valence electrons. The van der Waals surface area contributed by atoms with Crippen LogP contribution in [0.2, 0.25) is 0 Å². The second-order valence-electron chi connectivity index (χ2n) is 4.54. The van der Waals surface area contributed by atoms with Gasteiger partial charge in [-0.25, -0.2) is 13.1 Å². The Kier molecular flexibility index (Phi) is 7.86. The van der Waals surface area contributed by atoms with E-state index in [1.54, 1.807) is 38.5 Å². The van der Waals surface area contributed by atoms with Gasteiger partial charge in [0.2, 0.25) is 10.0 Å². The number of hydrogen-bond donors (Lipinski definition) is 2. The Hall–Kier alpha value is -1.64. The molecule has 0 saturated heterocycles. The zero-order valence-electron chi connectivity index (χ0n) is 12.8. The van der Waals surface area contributed by atoms with Crippen LogP contribution in [0.3, 0.4) is 0 Å². The molecule has 1 aromatic carbocycles. The van der Waals surface area contributed by atoms with E-state index in [9.17, 15) is 13.2 Å². The Morgan fingerprint density at radius 3 is 2.41 bits per heavy atom. The third kappa shape index (κ3) is 6.88. The monoisotopic (exact) mass is 330 g/mol. The number of methoxy groups -OCH3 is 2. The summed E-state index contributed by atoms with van der Waals surface area (Å²) in [5.74, 6) is 0.165. The fourth-order valence-corrected chi connectivity index (χ4v) is 2.63. The van der Waals surface area contributed by atoms with Gasteiger partial charge in [-0.1, -0.05) is 0 Å². The molecule has 22 heavy (non-hydrogen) atoms. The number of rotatable bonds is 10. The Labute approximate surface area is 131 Å². The Morgan fingerprint density at radius 1 is 1.14 bits per heavy atom. The van der Waals surface area contributed by atoms with Crippen molar-refractivity contribution in [2.24, 2.45) is 0 Å². The van der Waals surface area contributed by atoms with Crippen molar-refractivity contribution in [3.8, 4) is 5.75 Å². The summed E-state index contributed by atoms with van der Waals surface area (Å²) in [6.07, 6.45) is 0.605. The van der Waals surface area contributed by atoms with Gasteiger partial charge in [-0.2, -0.15) is 0 Å². The summed E-state index contributed by atoms with van der Waals surface area (Å²) in [6, 6.07) is 6.57. The molecule has 0 fully saturated rings. The van der Waals surface area contributed by atoms with Crippen LogP contribution in [-0.2, 0) is 14.8 Å². The molecule has 0 spiro atoms. The lowest BCUT2D eigenvalue weighted by Crippen LogP contribution is -2.35. The lowest BCUT2D eigenvalue weighted by atomic mass is 10.2. The maximum atomic E-state index is 11.8. The molecule has 0 atom stereocenters. The van der Waals surface area contributed by atoms with Crippen LogP contribution in [0.1, 0.15) is 16.8 Å². The molecular formula is C14H22N2O5S. The molecule has 1 rings (SSSR count). The van der Waals surface area contributed by atoms with Crippen LogP contribution in [0.4, 0.5) is 0 Å². The first-order valence-electron chi connectivity index (χ1n) is 6.87. The van der Waals surface area contributed by atoms with E-state index >= 15 is 0 Å². The van der Waals surface area contributed by atoms with Gasteiger partial charge in [-0.3, -0.25) is 4.79 Å². The van der Waals surface area contributed by atoms with Gasteiger partial charge in [0.05, 0.1) is 12.9 Å². The van der Waals surface area contributed by atoms with Crippen molar-refractivity contribution in [3.63, 3.8) is 0 Å². The van der Waals surface area contributed by atoms with E-state index in [0.717, 1.165) is 0 Å². The third-order valence-corrected chi connectivity index (χ3v) is 4.24. The van der Waals surface area contributed by atoms with Crippen LogP contribution >= 0.6 is 0 Å². The molecule has 7 nitrogen and oxygen atoms in total. The second kappa shape index (κ2) is 9.39. The van der Waals surface area contributed by atoms with Gasteiger partial charge in [-0.15, -0.1) is 0 Å². The van der Waals surface area contributed by atoms with E-state index in [1.807, 2.05) is 0 Å². The van der Waals surface area contributed by atoms with Gasteiger partial charge in [0.15, 0.2) is 0 Å². The molecule has 2 N–H and O–H groups in total. The zero-order chi connectivity index (χ0) is 16.4. The quantitative estimate of drug-likeness (QED) is 0.605. The lowest BCUT2D eigenvalue weighted by Gasteiger charge is -2.08. The average Bonchev–Trinajstić information content (AvgIpc) is 2.51. The highest BCUT2D eigenvalue weighted by Crippen LogP contribution is 2.10. The van der Waals surface area contributed by atoms with Gasteiger partial charge in [0.1, 0.15) is 5.75 Å². The normalized spacial score (nSPS) is 11.2. The minimum atomic E-state index is -3.39. The van der Waals surface area contributed by atoms with Crippen molar-refractivity contribution in [3.05, 3.63) is 29.8 Å². The van der Waals surface area contributed by atoms with E-state index in [-0.39, 0.29) is 18.2 Å². The van der Waals surface area contributed by atoms with E-state index in [0.29, 0.717) is 30.9 Å². The fourth-order valence-electron chi connectivity index (χ4n) is 1.66. The average molecular weight is 330 g/mol. The first-order chi connectivity index (χ1) is 10.5. The number of hydrogen-bond acceptors (Lipinski definition) is 5. The van der Waals surface area contributed by atoms with Crippen LogP contribution < -0.4 is 14.8 Å². The van der Waals surface area contributed by atoms with Crippen molar-refractivity contribution >= 4 is 15.9 Å². The number of nitrogens with one attached hydrogen (secondary N) is 2. The SMILES string of the molecule is COCCCNS(=O)(=O)CCNC(=O)c1ccc(OC)cc1. The number of sulfonamides is 1. The van der Waals surface area contributed by atoms with E-state index in [2.05, 4.69) is 10.0 Å². The zero-order valence-corrected chi connectivity index (χ0v) is 13.6. The maximum Gasteiger partial charge on any atom is 0.251 e. The molecule has 0 saturated carbocycles. The largest absolute Gasteiger partial charge is 0.497 e. The van der Waals surface area contributed by atoms with Gasteiger partial charge in [0, 0.05) is 32.4 Å². The van der Waals surface area contributed by atoms with Crippen LogP contribution in [-0.4, -0.2) is 54.0 Å². The van der Waals surface area contributed by atoms with E-state index in [1.165, 1.54) is 0 Å². The topological polar surface area (TPSA) is 93.7 Å². The van der Waals surface area contributed by atoms with Crippen LogP contribution in [0.15, 0.2) is 24.3 Å². The predicted molar refractivity (Wildman–Crippen MR) is 83.6 cm³/mol. The molecule has 1 aromatic rings. The predicted octanol–water partition coefficient (Wildman–Crippen LogP) is 0.381. The highest BCUT2D eigenvalue weighted by atomic mass is 32.2. The summed E-state index contributed by atoms with van der Waals surface area (Å²) >= 11 is 0. The Balaban J connectivity index is 2.34. The van der Waals surface area contributed by atoms with Crippen LogP contribution in [0, 0.1) is 0 Å². The van der Waals surface area contributed by atoms with Crippen molar-refractivity contribution in [1.82, 2.24) is 10.0 Å². The van der Waals surface area contributed by atoms with Gasteiger partial charge in [0.25, 0.3) is 5.91 Å². The molecule has 1 amide bonds. The highest BCUT2D eigenvalue weighted by Gasteiger charge is 2.11. The summed E-state index contributed by atoms with van der Waals surface area (Å²) in [5.41, 5.74) is 0.450. The van der Waals surface area contributed by atoms with Gasteiger partial charge in [-0.05, 0) is 30.7 Å². The number of benzene rings is 1. The van der Waals surface area contributed by atoms with E-state index < -0.39 is 10.0 Å². The molecule has 8 heteroatoms. The molecular weight excluding hydrogens is 308 g/mol. The third-order valence-electron chi connectivity index (χ3n) is 2.86. The Bertz CT molecular complexity index is 557. The summed E-state index contributed by atoms with van der Waals surface area (Å²) in [7, 11) is -0.291. The Morgan fingerprint density at radius 2 is 1.82 bits per heavy atom.